The highest BCUT2D eigenvalue weighted by Crippen LogP contribution is 2.17. The molecule has 2 N–H and O–H groups in total. The average molecular weight is 318 g/mol. The first-order valence-electron chi connectivity index (χ1n) is 8.93. The van der Waals surface area contributed by atoms with E-state index in [-0.39, 0.29) is 5.91 Å². The number of carbonyl (C=O) groups is 1. The molecule has 0 spiro atoms. The lowest BCUT2D eigenvalue weighted by Crippen LogP contribution is -2.29. The standard InChI is InChI=1S/C19H30N2O2/c22-19(9-8-17-10-13-20-14-11-17)21-12-4-5-15-23-16-18-6-2-1-3-7-18/h1-3,6-7,17,20H,4-5,8-16H2,(H,21,22). The summed E-state index contributed by atoms with van der Waals surface area (Å²) in [6.07, 6.45) is 6.11. The molecule has 1 fully saturated rings. The molecule has 1 saturated heterocycles. The number of hydrogen-bond donors (Lipinski definition) is 2. The predicted molar refractivity (Wildman–Crippen MR) is 93.2 cm³/mol. The van der Waals surface area contributed by atoms with Crippen LogP contribution in [0.3, 0.4) is 0 Å². The van der Waals surface area contributed by atoms with Gasteiger partial charge in [-0.05, 0) is 56.7 Å². The van der Waals surface area contributed by atoms with Gasteiger partial charge in [-0.15, -0.1) is 0 Å². The Hall–Kier alpha value is -1.39. The average Bonchev–Trinajstić information content (AvgIpc) is 2.61. The minimum absolute atomic E-state index is 0.203. The molecule has 4 nitrogen and oxygen atoms in total. The molecule has 23 heavy (non-hydrogen) atoms. The largest absolute Gasteiger partial charge is 0.377 e. The van der Waals surface area contributed by atoms with Gasteiger partial charge in [-0.25, -0.2) is 0 Å². The van der Waals surface area contributed by atoms with Crippen LogP contribution >= 0.6 is 0 Å². The summed E-state index contributed by atoms with van der Waals surface area (Å²) in [5, 5.41) is 6.38. The maximum Gasteiger partial charge on any atom is 0.220 e. The molecule has 1 aliphatic heterocycles. The molecule has 1 aliphatic rings. The van der Waals surface area contributed by atoms with E-state index in [0.29, 0.717) is 13.0 Å². The minimum atomic E-state index is 0.203. The SMILES string of the molecule is O=C(CCC1CCNCC1)NCCCCOCc1ccccc1. The van der Waals surface area contributed by atoms with Crippen LogP contribution in [0.1, 0.15) is 44.1 Å². The fourth-order valence-corrected chi connectivity index (χ4v) is 2.92. The molecular weight excluding hydrogens is 288 g/mol. The summed E-state index contributed by atoms with van der Waals surface area (Å²) in [6, 6.07) is 10.2. The van der Waals surface area contributed by atoms with Gasteiger partial charge < -0.3 is 15.4 Å². The summed E-state index contributed by atoms with van der Waals surface area (Å²) in [5.74, 6) is 0.933. The predicted octanol–water partition coefficient (Wildman–Crippen LogP) is 2.88. The van der Waals surface area contributed by atoms with E-state index < -0.39 is 0 Å². The Labute approximate surface area is 140 Å². The van der Waals surface area contributed by atoms with Gasteiger partial charge in [0.15, 0.2) is 0 Å². The van der Waals surface area contributed by atoms with E-state index >= 15 is 0 Å². The van der Waals surface area contributed by atoms with Crippen molar-refractivity contribution in [3.05, 3.63) is 35.9 Å². The lowest BCUT2D eigenvalue weighted by Gasteiger charge is -2.22. The van der Waals surface area contributed by atoms with Gasteiger partial charge in [0.1, 0.15) is 0 Å². The van der Waals surface area contributed by atoms with Crippen LogP contribution in [0.2, 0.25) is 0 Å². The quantitative estimate of drug-likeness (QED) is 0.652. The van der Waals surface area contributed by atoms with E-state index in [4.69, 9.17) is 4.74 Å². The second-order valence-electron chi connectivity index (χ2n) is 6.33. The third-order valence-corrected chi connectivity index (χ3v) is 4.39. The van der Waals surface area contributed by atoms with Gasteiger partial charge in [-0.2, -0.15) is 0 Å². The summed E-state index contributed by atoms with van der Waals surface area (Å²) in [7, 11) is 0. The topological polar surface area (TPSA) is 50.4 Å². The molecule has 0 saturated carbocycles. The van der Waals surface area contributed by atoms with Crippen molar-refractivity contribution >= 4 is 5.91 Å². The van der Waals surface area contributed by atoms with Crippen molar-refractivity contribution in [3.63, 3.8) is 0 Å². The van der Waals surface area contributed by atoms with Gasteiger partial charge >= 0.3 is 0 Å². The van der Waals surface area contributed by atoms with E-state index in [9.17, 15) is 4.79 Å². The first-order chi connectivity index (χ1) is 11.3. The van der Waals surface area contributed by atoms with Gasteiger partial charge in [0.05, 0.1) is 6.61 Å². The number of rotatable bonds is 10. The minimum Gasteiger partial charge on any atom is -0.377 e. The van der Waals surface area contributed by atoms with E-state index in [1.54, 1.807) is 0 Å². The Kier molecular flexibility index (Phi) is 8.74. The van der Waals surface area contributed by atoms with Crippen molar-refractivity contribution < 1.29 is 9.53 Å². The van der Waals surface area contributed by atoms with Crippen LogP contribution in [0.25, 0.3) is 0 Å². The van der Waals surface area contributed by atoms with Crippen LogP contribution in [-0.2, 0) is 16.1 Å². The molecule has 0 aliphatic carbocycles. The molecule has 0 bridgehead atoms. The summed E-state index contributed by atoms with van der Waals surface area (Å²) in [6.45, 7) is 4.40. The first-order valence-corrected chi connectivity index (χ1v) is 8.93. The summed E-state index contributed by atoms with van der Waals surface area (Å²) < 4.78 is 5.63. The Morgan fingerprint density at radius 3 is 2.74 bits per heavy atom. The zero-order valence-corrected chi connectivity index (χ0v) is 14.1. The molecule has 0 radical (unpaired) electrons. The van der Waals surface area contributed by atoms with Crippen LogP contribution in [0.5, 0.6) is 0 Å². The number of piperidine rings is 1. The second-order valence-corrected chi connectivity index (χ2v) is 6.33. The molecule has 4 heteroatoms. The van der Waals surface area contributed by atoms with E-state index in [1.165, 1.54) is 18.4 Å². The molecule has 2 rings (SSSR count). The van der Waals surface area contributed by atoms with Crippen molar-refractivity contribution in [1.29, 1.82) is 0 Å². The molecule has 128 valence electrons. The lowest BCUT2D eigenvalue weighted by molar-refractivity contribution is -0.121. The van der Waals surface area contributed by atoms with Crippen LogP contribution < -0.4 is 10.6 Å². The van der Waals surface area contributed by atoms with Crippen molar-refractivity contribution in [3.8, 4) is 0 Å². The highest BCUT2D eigenvalue weighted by molar-refractivity contribution is 5.75. The third kappa shape index (κ3) is 8.14. The van der Waals surface area contributed by atoms with Crippen molar-refractivity contribution in [1.82, 2.24) is 10.6 Å². The number of hydrogen-bond acceptors (Lipinski definition) is 3. The third-order valence-electron chi connectivity index (χ3n) is 4.39. The zero-order valence-electron chi connectivity index (χ0n) is 14.1. The number of benzene rings is 1. The zero-order chi connectivity index (χ0) is 16.2. The van der Waals surface area contributed by atoms with Gasteiger partial charge in [-0.1, -0.05) is 30.3 Å². The Balaban J connectivity index is 1.40. The molecule has 1 heterocycles. The van der Waals surface area contributed by atoms with Gasteiger partial charge in [0, 0.05) is 19.6 Å². The summed E-state index contributed by atoms with van der Waals surface area (Å²) in [4.78, 5) is 11.8. The number of amides is 1. The normalized spacial score (nSPS) is 15.5. The monoisotopic (exact) mass is 318 g/mol. The molecule has 0 aromatic heterocycles. The van der Waals surface area contributed by atoms with Crippen molar-refractivity contribution in [2.45, 2.75) is 45.1 Å². The Morgan fingerprint density at radius 2 is 1.96 bits per heavy atom. The van der Waals surface area contributed by atoms with Gasteiger partial charge in [-0.3, -0.25) is 4.79 Å². The number of unbranched alkanes of at least 4 members (excludes halogenated alkanes) is 1. The Bertz CT molecular complexity index is 430. The highest BCUT2D eigenvalue weighted by atomic mass is 16.5. The summed E-state index contributed by atoms with van der Waals surface area (Å²) >= 11 is 0. The molecule has 1 aromatic carbocycles. The maximum atomic E-state index is 11.8. The number of carbonyl (C=O) groups excluding carboxylic acids is 1. The van der Waals surface area contributed by atoms with Crippen LogP contribution in [0.15, 0.2) is 30.3 Å². The molecule has 0 atom stereocenters. The highest BCUT2D eigenvalue weighted by Gasteiger charge is 2.14. The second kappa shape index (κ2) is 11.2. The number of ether oxygens (including phenoxy) is 1. The smallest absolute Gasteiger partial charge is 0.220 e. The van der Waals surface area contributed by atoms with E-state index in [1.807, 2.05) is 18.2 Å². The fraction of sp³-hybridized carbons (Fsp3) is 0.632. The molecular formula is C19H30N2O2. The number of nitrogens with one attached hydrogen (secondary N) is 2. The van der Waals surface area contributed by atoms with Crippen LogP contribution in [0, 0.1) is 5.92 Å². The fourth-order valence-electron chi connectivity index (χ4n) is 2.92. The first kappa shape index (κ1) is 18.0. The van der Waals surface area contributed by atoms with Crippen LogP contribution in [-0.4, -0.2) is 32.1 Å². The van der Waals surface area contributed by atoms with Crippen LogP contribution in [0.4, 0.5) is 0 Å². The molecule has 0 unspecified atom stereocenters. The van der Waals surface area contributed by atoms with E-state index in [2.05, 4.69) is 22.8 Å². The van der Waals surface area contributed by atoms with Crippen molar-refractivity contribution in [2.24, 2.45) is 5.92 Å². The maximum absolute atomic E-state index is 11.8. The van der Waals surface area contributed by atoms with E-state index in [0.717, 1.165) is 51.4 Å². The molecule has 1 amide bonds. The van der Waals surface area contributed by atoms with Gasteiger partial charge in [0.2, 0.25) is 5.91 Å². The van der Waals surface area contributed by atoms with Gasteiger partial charge in [0.25, 0.3) is 0 Å². The summed E-state index contributed by atoms with van der Waals surface area (Å²) in [5.41, 5.74) is 1.21. The van der Waals surface area contributed by atoms with Crippen molar-refractivity contribution in [2.75, 3.05) is 26.2 Å². The lowest BCUT2D eigenvalue weighted by atomic mass is 9.93. The molecule has 1 aromatic rings. The Morgan fingerprint density at radius 1 is 1.17 bits per heavy atom.